The van der Waals surface area contributed by atoms with Gasteiger partial charge in [0.15, 0.2) is 5.79 Å². The Bertz CT molecular complexity index is 1300. The molecule has 0 heterocycles. The predicted octanol–water partition coefficient (Wildman–Crippen LogP) is 5.90. The third kappa shape index (κ3) is 4.03. The maximum atomic E-state index is 12.3. The van der Waals surface area contributed by atoms with Crippen LogP contribution in [0.5, 0.6) is 5.75 Å². The highest BCUT2D eigenvalue weighted by molar-refractivity contribution is 5.52. The maximum absolute atomic E-state index is 12.3. The number of benzene rings is 3. The van der Waals surface area contributed by atoms with Crippen LogP contribution in [0.3, 0.4) is 0 Å². The fourth-order valence-corrected chi connectivity index (χ4v) is 7.16. The molecule has 0 amide bonds. The summed E-state index contributed by atoms with van der Waals surface area (Å²) in [4.78, 5) is 0. The molecule has 0 bridgehead atoms. The summed E-state index contributed by atoms with van der Waals surface area (Å²) in [6.45, 7) is 7.88. The SMILES string of the molecule is CC1=CC(C2(c3ccc(O)cc3)CC(C)(c3ccccc3)C(O)C(C)(c3ccccc3)C2)=CC(C)C1(O)O. The molecule has 3 unspecified atom stereocenters. The molecule has 5 rings (SSSR count). The van der Waals surface area contributed by atoms with Crippen molar-refractivity contribution in [2.75, 3.05) is 0 Å². The smallest absolute Gasteiger partial charge is 0.191 e. The van der Waals surface area contributed by atoms with Crippen LogP contribution < -0.4 is 0 Å². The van der Waals surface area contributed by atoms with Gasteiger partial charge in [0.1, 0.15) is 5.75 Å². The van der Waals surface area contributed by atoms with E-state index in [9.17, 15) is 20.4 Å². The minimum Gasteiger partial charge on any atom is -0.508 e. The minimum atomic E-state index is -1.92. The zero-order valence-electron chi connectivity index (χ0n) is 22.6. The lowest BCUT2D eigenvalue weighted by Crippen LogP contribution is -2.61. The van der Waals surface area contributed by atoms with E-state index >= 15 is 0 Å². The molecule has 0 saturated heterocycles. The third-order valence-corrected chi connectivity index (χ3v) is 9.40. The standard InChI is InChI=1S/C34H38O4/c1-23-19-28(20-24(2)34(23,37)38)33(27-15-17-29(35)18-16-27)21-31(3,25-11-7-5-8-12-25)30(36)32(4,22-33)26-13-9-6-10-14-26/h5-20,23,30,35-38H,21-22H2,1-4H3. The van der Waals surface area contributed by atoms with Gasteiger partial charge < -0.3 is 20.4 Å². The van der Waals surface area contributed by atoms with Crippen LogP contribution in [-0.4, -0.2) is 32.3 Å². The molecule has 3 atom stereocenters. The van der Waals surface area contributed by atoms with Gasteiger partial charge in [0.2, 0.25) is 0 Å². The number of aliphatic hydroxyl groups excluding tert-OH is 1. The summed E-state index contributed by atoms with van der Waals surface area (Å²) in [7, 11) is 0. The molecule has 4 nitrogen and oxygen atoms in total. The van der Waals surface area contributed by atoms with Crippen LogP contribution in [0.1, 0.15) is 57.2 Å². The minimum absolute atomic E-state index is 0.193. The van der Waals surface area contributed by atoms with E-state index in [1.54, 1.807) is 19.1 Å². The van der Waals surface area contributed by atoms with Crippen LogP contribution >= 0.6 is 0 Å². The van der Waals surface area contributed by atoms with Gasteiger partial charge in [0, 0.05) is 22.2 Å². The third-order valence-electron chi connectivity index (χ3n) is 9.40. The molecule has 0 radical (unpaired) electrons. The molecule has 2 aliphatic carbocycles. The Morgan fingerprint density at radius 2 is 1.18 bits per heavy atom. The molecule has 3 aromatic carbocycles. The molecule has 1 fully saturated rings. The predicted molar refractivity (Wildman–Crippen MR) is 151 cm³/mol. The Hall–Kier alpha value is -3.18. The Kier molecular flexibility index (Phi) is 6.42. The number of hydrogen-bond acceptors (Lipinski definition) is 4. The van der Waals surface area contributed by atoms with Crippen LogP contribution in [0.15, 0.2) is 108 Å². The summed E-state index contributed by atoms with van der Waals surface area (Å²) in [5, 5.41) is 44.1. The molecule has 0 aromatic heterocycles. The number of aliphatic hydroxyl groups is 3. The average Bonchev–Trinajstić information content (AvgIpc) is 2.91. The summed E-state index contributed by atoms with van der Waals surface area (Å²) >= 11 is 0. The number of hydrogen-bond donors (Lipinski definition) is 4. The highest BCUT2D eigenvalue weighted by atomic mass is 16.5. The van der Waals surface area contributed by atoms with Crippen molar-refractivity contribution in [2.24, 2.45) is 5.92 Å². The first kappa shape index (κ1) is 26.4. The van der Waals surface area contributed by atoms with Gasteiger partial charge in [-0.2, -0.15) is 0 Å². The van der Waals surface area contributed by atoms with E-state index in [2.05, 4.69) is 38.1 Å². The van der Waals surface area contributed by atoms with Crippen LogP contribution in [0.2, 0.25) is 0 Å². The van der Waals surface area contributed by atoms with Gasteiger partial charge in [-0.15, -0.1) is 0 Å². The van der Waals surface area contributed by atoms with Gasteiger partial charge in [0.05, 0.1) is 6.10 Å². The molecule has 198 valence electrons. The van der Waals surface area contributed by atoms with Gasteiger partial charge >= 0.3 is 0 Å². The maximum Gasteiger partial charge on any atom is 0.191 e. The lowest BCUT2D eigenvalue weighted by Gasteiger charge is -2.59. The van der Waals surface area contributed by atoms with Crippen LogP contribution in [-0.2, 0) is 16.2 Å². The zero-order chi connectivity index (χ0) is 27.3. The van der Waals surface area contributed by atoms with Crippen molar-refractivity contribution in [1.29, 1.82) is 0 Å². The van der Waals surface area contributed by atoms with Crippen molar-refractivity contribution in [2.45, 2.75) is 68.7 Å². The molecular weight excluding hydrogens is 472 g/mol. The van der Waals surface area contributed by atoms with Crippen molar-refractivity contribution in [1.82, 2.24) is 0 Å². The van der Waals surface area contributed by atoms with E-state index in [1.807, 2.05) is 67.6 Å². The van der Waals surface area contributed by atoms with Crippen molar-refractivity contribution < 1.29 is 20.4 Å². The van der Waals surface area contributed by atoms with Crippen molar-refractivity contribution in [3.05, 3.63) is 125 Å². The zero-order valence-corrected chi connectivity index (χ0v) is 22.6. The Balaban J connectivity index is 1.83. The second kappa shape index (κ2) is 9.23. The summed E-state index contributed by atoms with van der Waals surface area (Å²) in [5.74, 6) is -2.24. The van der Waals surface area contributed by atoms with Gasteiger partial charge in [-0.3, -0.25) is 0 Å². The Labute approximate surface area is 225 Å². The molecule has 4 N–H and O–H groups in total. The molecule has 2 aliphatic rings. The monoisotopic (exact) mass is 510 g/mol. The van der Waals surface area contributed by atoms with E-state index in [-0.39, 0.29) is 5.75 Å². The number of phenolic OH excluding ortho intramolecular Hbond substituents is 1. The van der Waals surface area contributed by atoms with E-state index in [0.29, 0.717) is 18.4 Å². The number of allylic oxidation sites excluding steroid dienone is 2. The van der Waals surface area contributed by atoms with Gasteiger partial charge in [-0.1, -0.05) is 106 Å². The average molecular weight is 511 g/mol. The second-order valence-corrected chi connectivity index (χ2v) is 11.9. The fourth-order valence-electron chi connectivity index (χ4n) is 7.16. The lowest BCUT2D eigenvalue weighted by molar-refractivity contribution is -0.154. The molecular formula is C34H38O4. The number of rotatable bonds is 4. The van der Waals surface area contributed by atoms with Gasteiger partial charge in [0.25, 0.3) is 0 Å². The van der Waals surface area contributed by atoms with Gasteiger partial charge in [-0.25, -0.2) is 0 Å². The van der Waals surface area contributed by atoms with Crippen molar-refractivity contribution >= 4 is 0 Å². The van der Waals surface area contributed by atoms with Crippen LogP contribution in [0.25, 0.3) is 0 Å². The van der Waals surface area contributed by atoms with Crippen LogP contribution in [0.4, 0.5) is 0 Å². The summed E-state index contributed by atoms with van der Waals surface area (Å²) in [6.07, 6.45) is 4.41. The first-order valence-electron chi connectivity index (χ1n) is 13.4. The van der Waals surface area contributed by atoms with E-state index in [1.165, 1.54) is 0 Å². The van der Waals surface area contributed by atoms with Crippen molar-refractivity contribution in [3.8, 4) is 5.75 Å². The number of aromatic hydroxyl groups is 1. The highest BCUT2D eigenvalue weighted by Gasteiger charge is 2.60. The summed E-state index contributed by atoms with van der Waals surface area (Å²) < 4.78 is 0. The van der Waals surface area contributed by atoms with Crippen molar-refractivity contribution in [3.63, 3.8) is 0 Å². The fraction of sp³-hybridized carbons (Fsp3) is 0.353. The van der Waals surface area contributed by atoms with E-state index in [4.69, 9.17) is 0 Å². The van der Waals surface area contributed by atoms with E-state index < -0.39 is 34.1 Å². The van der Waals surface area contributed by atoms with Gasteiger partial charge in [-0.05, 0) is 59.7 Å². The number of phenols is 1. The summed E-state index contributed by atoms with van der Waals surface area (Å²) in [5.41, 5.74) is 2.77. The van der Waals surface area contributed by atoms with E-state index in [0.717, 1.165) is 22.3 Å². The first-order chi connectivity index (χ1) is 17.9. The molecule has 3 aromatic rings. The Morgan fingerprint density at radius 3 is 1.63 bits per heavy atom. The first-order valence-corrected chi connectivity index (χ1v) is 13.4. The Morgan fingerprint density at radius 1 is 0.711 bits per heavy atom. The quantitative estimate of drug-likeness (QED) is 0.329. The normalized spacial score (nSPS) is 32.8. The molecule has 0 aliphatic heterocycles. The largest absolute Gasteiger partial charge is 0.508 e. The van der Waals surface area contributed by atoms with Crippen LogP contribution in [0, 0.1) is 5.92 Å². The topological polar surface area (TPSA) is 80.9 Å². The lowest BCUT2D eigenvalue weighted by atomic mass is 9.46. The molecule has 0 spiro atoms. The molecule has 4 heteroatoms. The second-order valence-electron chi connectivity index (χ2n) is 11.9. The summed E-state index contributed by atoms with van der Waals surface area (Å²) in [6, 6.07) is 27.8. The molecule has 38 heavy (non-hydrogen) atoms. The molecule has 1 saturated carbocycles. The highest BCUT2D eigenvalue weighted by Crippen LogP contribution is 2.60.